The minimum atomic E-state index is -1.15. The van der Waals surface area contributed by atoms with E-state index in [-0.39, 0.29) is 5.91 Å². The summed E-state index contributed by atoms with van der Waals surface area (Å²) in [6.07, 6.45) is 0. The van der Waals surface area contributed by atoms with Crippen molar-refractivity contribution in [3.8, 4) is 6.07 Å². The molecule has 0 N–H and O–H groups in total. The third kappa shape index (κ3) is 1.99. The highest BCUT2D eigenvalue weighted by atomic mass is 16.2. The summed E-state index contributed by atoms with van der Waals surface area (Å²) >= 11 is 0. The van der Waals surface area contributed by atoms with Crippen LogP contribution in [0.15, 0.2) is 78.4 Å². The van der Waals surface area contributed by atoms with Crippen LogP contribution in [-0.4, -0.2) is 17.5 Å². The van der Waals surface area contributed by atoms with Crippen molar-refractivity contribution in [2.75, 3.05) is 11.9 Å². The highest BCUT2D eigenvalue weighted by molar-refractivity contribution is 6.17. The van der Waals surface area contributed by atoms with Gasteiger partial charge in [0.15, 0.2) is 5.41 Å². The molecule has 2 aliphatic heterocycles. The molecule has 0 saturated carbocycles. The van der Waals surface area contributed by atoms with Crippen molar-refractivity contribution in [1.29, 1.82) is 5.26 Å². The summed E-state index contributed by atoms with van der Waals surface area (Å²) < 4.78 is 2.15. The smallest absolute Gasteiger partial charge is 0.248 e. The number of anilines is 1. The van der Waals surface area contributed by atoms with Crippen LogP contribution < -0.4 is 4.90 Å². The van der Waals surface area contributed by atoms with E-state index in [4.69, 9.17) is 0 Å². The monoisotopic (exact) mass is 415 g/mol. The molecular weight excluding hydrogens is 394 g/mol. The number of para-hydroxylation sites is 1. The molecule has 4 heteroatoms. The van der Waals surface area contributed by atoms with Crippen LogP contribution in [0.2, 0.25) is 0 Å². The number of amides is 1. The molecule has 1 spiro atoms. The third-order valence-corrected chi connectivity index (χ3v) is 7.02. The number of aryl methyl sites for hydroxylation is 2. The number of rotatable bonds is 1. The molecule has 1 unspecified atom stereocenters. The van der Waals surface area contributed by atoms with Gasteiger partial charge in [-0.3, -0.25) is 4.79 Å². The average Bonchev–Trinajstić information content (AvgIpc) is 3.36. The number of benzene rings is 3. The lowest BCUT2D eigenvalue weighted by Gasteiger charge is -2.24. The first kappa shape index (κ1) is 18.7. The molecule has 4 aromatic rings. The fourth-order valence-corrected chi connectivity index (χ4v) is 5.69. The van der Waals surface area contributed by atoms with Crippen molar-refractivity contribution < 1.29 is 4.79 Å². The number of carbonyl (C=O) groups excluding carboxylic acids is 1. The van der Waals surface area contributed by atoms with E-state index in [1.807, 2.05) is 68.6 Å². The molecule has 2 aliphatic rings. The summed E-state index contributed by atoms with van der Waals surface area (Å²) in [5, 5.41) is 11.7. The molecule has 1 aromatic heterocycles. The maximum absolute atomic E-state index is 14.2. The largest absolute Gasteiger partial charge is 0.314 e. The minimum Gasteiger partial charge on any atom is -0.314 e. The second kappa shape index (κ2) is 6.21. The van der Waals surface area contributed by atoms with E-state index in [2.05, 4.69) is 35.8 Å². The van der Waals surface area contributed by atoms with Gasteiger partial charge in [0.1, 0.15) is 0 Å². The van der Waals surface area contributed by atoms with E-state index >= 15 is 0 Å². The zero-order valence-corrected chi connectivity index (χ0v) is 18.2. The fourth-order valence-electron chi connectivity index (χ4n) is 5.69. The van der Waals surface area contributed by atoms with Crippen molar-refractivity contribution in [3.05, 3.63) is 106 Å². The SMILES string of the molecule is Cc1ccc2c(c1)C1(C(=O)N2C)C(C#N)=C(c2ccccc2)n2c1c(C)c1ccccc12. The summed E-state index contributed by atoms with van der Waals surface area (Å²) in [4.78, 5) is 15.9. The first-order valence-electron chi connectivity index (χ1n) is 10.7. The van der Waals surface area contributed by atoms with E-state index in [1.54, 1.807) is 4.90 Å². The minimum absolute atomic E-state index is 0.0762. The lowest BCUT2D eigenvalue weighted by molar-refractivity contribution is -0.120. The standard InChI is InChI=1S/C28H21N3O/c1-17-13-14-24-21(15-17)28(27(32)30(24)3)22(16-29)25(19-9-5-4-6-10-19)31-23-12-8-7-11-20(23)18(2)26(28)31/h4-15H,1-3H3. The summed E-state index contributed by atoms with van der Waals surface area (Å²) in [5.74, 6) is -0.0762. The number of nitrogens with zero attached hydrogens (tertiary/aromatic N) is 3. The van der Waals surface area contributed by atoms with Gasteiger partial charge in [-0.05, 0) is 37.1 Å². The molecule has 0 radical (unpaired) electrons. The molecular formula is C28H21N3O. The predicted octanol–water partition coefficient (Wildman–Crippen LogP) is 5.32. The van der Waals surface area contributed by atoms with Crippen LogP contribution in [0, 0.1) is 25.2 Å². The van der Waals surface area contributed by atoms with Crippen LogP contribution >= 0.6 is 0 Å². The first-order chi connectivity index (χ1) is 15.5. The van der Waals surface area contributed by atoms with Crippen molar-refractivity contribution in [1.82, 2.24) is 4.57 Å². The van der Waals surface area contributed by atoms with Gasteiger partial charge in [-0.2, -0.15) is 5.26 Å². The van der Waals surface area contributed by atoms with Gasteiger partial charge in [-0.1, -0.05) is 66.2 Å². The van der Waals surface area contributed by atoms with E-state index in [0.29, 0.717) is 5.57 Å². The molecule has 1 amide bonds. The fraction of sp³-hybridized carbons (Fsp3) is 0.143. The molecule has 4 nitrogen and oxygen atoms in total. The quantitative estimate of drug-likeness (QED) is 0.423. The van der Waals surface area contributed by atoms with Crippen LogP contribution in [0.3, 0.4) is 0 Å². The second-order valence-electron chi connectivity index (χ2n) is 8.66. The Morgan fingerprint density at radius 2 is 1.66 bits per heavy atom. The Morgan fingerprint density at radius 1 is 0.938 bits per heavy atom. The Bertz CT molecular complexity index is 1530. The molecule has 3 aromatic carbocycles. The predicted molar refractivity (Wildman–Crippen MR) is 126 cm³/mol. The third-order valence-electron chi connectivity index (χ3n) is 7.02. The maximum atomic E-state index is 14.2. The van der Waals surface area contributed by atoms with Crippen LogP contribution in [0.4, 0.5) is 5.69 Å². The number of carbonyl (C=O) groups is 1. The van der Waals surface area contributed by atoms with Crippen LogP contribution in [-0.2, 0) is 10.2 Å². The Balaban J connectivity index is 1.88. The highest BCUT2D eigenvalue weighted by Crippen LogP contribution is 2.58. The van der Waals surface area contributed by atoms with Crippen LogP contribution in [0.25, 0.3) is 16.6 Å². The number of hydrogen-bond acceptors (Lipinski definition) is 2. The molecule has 32 heavy (non-hydrogen) atoms. The molecule has 6 rings (SSSR count). The van der Waals surface area contributed by atoms with Crippen molar-refractivity contribution >= 4 is 28.2 Å². The van der Waals surface area contributed by atoms with Gasteiger partial charge in [0, 0.05) is 23.7 Å². The number of nitriles is 1. The zero-order valence-electron chi connectivity index (χ0n) is 18.2. The Morgan fingerprint density at radius 3 is 2.41 bits per heavy atom. The summed E-state index contributed by atoms with van der Waals surface area (Å²) in [5.41, 5.74) is 6.82. The van der Waals surface area contributed by atoms with E-state index in [1.165, 1.54) is 0 Å². The normalized spacial score (nSPS) is 19.1. The van der Waals surface area contributed by atoms with Crippen LogP contribution in [0.5, 0.6) is 0 Å². The summed E-state index contributed by atoms with van der Waals surface area (Å²) in [6.45, 7) is 4.10. The van der Waals surface area contributed by atoms with Crippen molar-refractivity contribution in [2.24, 2.45) is 0 Å². The van der Waals surface area contributed by atoms with Gasteiger partial charge >= 0.3 is 0 Å². The second-order valence-corrected chi connectivity index (χ2v) is 8.66. The number of hydrogen-bond donors (Lipinski definition) is 0. The molecule has 1 atom stereocenters. The summed E-state index contributed by atoms with van der Waals surface area (Å²) in [6, 6.07) is 26.7. The van der Waals surface area contributed by atoms with Crippen molar-refractivity contribution in [3.63, 3.8) is 0 Å². The van der Waals surface area contributed by atoms with Crippen molar-refractivity contribution in [2.45, 2.75) is 19.3 Å². The molecule has 0 aliphatic carbocycles. The molecule has 0 fully saturated rings. The lowest BCUT2D eigenvalue weighted by atomic mass is 9.72. The van der Waals surface area contributed by atoms with Crippen LogP contribution in [0.1, 0.15) is 27.9 Å². The first-order valence-corrected chi connectivity index (χ1v) is 10.7. The van der Waals surface area contributed by atoms with Gasteiger partial charge < -0.3 is 9.47 Å². The Labute approximate surface area is 186 Å². The Kier molecular flexibility index (Phi) is 3.62. The van der Waals surface area contributed by atoms with Gasteiger partial charge in [-0.25, -0.2) is 0 Å². The molecule has 0 bridgehead atoms. The summed E-state index contributed by atoms with van der Waals surface area (Å²) in [7, 11) is 1.81. The van der Waals surface area contributed by atoms with Gasteiger partial charge in [0.05, 0.1) is 28.5 Å². The van der Waals surface area contributed by atoms with E-state index in [9.17, 15) is 10.1 Å². The number of fused-ring (bicyclic) bond motifs is 6. The molecule has 154 valence electrons. The number of likely N-dealkylation sites (N-methyl/N-ethyl adjacent to an activating group) is 1. The van der Waals surface area contributed by atoms with Gasteiger partial charge in [0.2, 0.25) is 5.91 Å². The highest BCUT2D eigenvalue weighted by Gasteiger charge is 2.60. The zero-order chi connectivity index (χ0) is 22.2. The van der Waals surface area contributed by atoms with E-state index < -0.39 is 5.41 Å². The Hall–Kier alpha value is -4.10. The topological polar surface area (TPSA) is 49.0 Å². The lowest BCUT2D eigenvalue weighted by Crippen LogP contribution is -2.40. The maximum Gasteiger partial charge on any atom is 0.248 e. The average molecular weight is 415 g/mol. The van der Waals surface area contributed by atoms with Gasteiger partial charge in [-0.15, -0.1) is 0 Å². The van der Waals surface area contributed by atoms with E-state index in [0.717, 1.165) is 50.2 Å². The molecule has 3 heterocycles. The van der Waals surface area contributed by atoms with Gasteiger partial charge in [0.25, 0.3) is 0 Å². The number of aromatic nitrogens is 1. The molecule has 0 saturated heterocycles.